The molecule has 0 aromatic heterocycles. The summed E-state index contributed by atoms with van der Waals surface area (Å²) in [7, 11) is 0. The average Bonchev–Trinajstić information content (AvgIpc) is 2.82. The van der Waals surface area contributed by atoms with Crippen LogP contribution in [-0.2, 0) is 9.59 Å². The maximum absolute atomic E-state index is 12.6. The summed E-state index contributed by atoms with van der Waals surface area (Å²) < 4.78 is 0. The van der Waals surface area contributed by atoms with Crippen molar-refractivity contribution >= 4 is 23.3 Å². The summed E-state index contributed by atoms with van der Waals surface area (Å²) >= 11 is 0. The van der Waals surface area contributed by atoms with Gasteiger partial charge < -0.3 is 5.32 Å². The summed E-state index contributed by atoms with van der Waals surface area (Å²) in [6.07, 6.45) is 6.23. The van der Waals surface area contributed by atoms with Crippen molar-refractivity contribution in [3.05, 3.63) is 29.8 Å². The molecule has 1 aliphatic heterocycles. The maximum Gasteiger partial charge on any atom is 0.292 e. The molecular formula is C18H23N2O3+. The van der Waals surface area contributed by atoms with Gasteiger partial charge in [-0.2, -0.15) is 0 Å². The first-order valence-corrected chi connectivity index (χ1v) is 8.39. The summed E-state index contributed by atoms with van der Waals surface area (Å²) in [6, 6.07) is 6.85. The van der Waals surface area contributed by atoms with E-state index in [9.17, 15) is 14.4 Å². The summed E-state index contributed by atoms with van der Waals surface area (Å²) in [5.41, 5.74) is 1.14. The molecule has 0 bridgehead atoms. The van der Waals surface area contributed by atoms with E-state index in [1.54, 1.807) is 24.3 Å². The quantitative estimate of drug-likeness (QED) is 0.675. The van der Waals surface area contributed by atoms with Gasteiger partial charge in [0.2, 0.25) is 5.91 Å². The molecule has 5 nitrogen and oxygen atoms in total. The van der Waals surface area contributed by atoms with Crippen LogP contribution in [0.25, 0.3) is 0 Å². The van der Waals surface area contributed by atoms with Gasteiger partial charge in [-0.05, 0) is 56.9 Å². The number of ketones is 1. The molecule has 122 valence electrons. The SMILES string of the molecule is CC(=O)c1ccc(N2C(=O)C[C@H]([NH2+]C3CCCCC3)C2=O)cc1. The Hall–Kier alpha value is -2.01. The Labute approximate surface area is 136 Å². The maximum atomic E-state index is 12.6. The van der Waals surface area contributed by atoms with Gasteiger partial charge in [0.05, 0.1) is 18.2 Å². The highest BCUT2D eigenvalue weighted by Crippen LogP contribution is 2.23. The van der Waals surface area contributed by atoms with Crippen molar-refractivity contribution in [2.45, 2.75) is 57.5 Å². The van der Waals surface area contributed by atoms with Crippen molar-refractivity contribution in [3.63, 3.8) is 0 Å². The molecule has 0 spiro atoms. The second-order valence-corrected chi connectivity index (χ2v) is 6.57. The van der Waals surface area contributed by atoms with Crippen LogP contribution in [0.1, 0.15) is 55.8 Å². The normalized spacial score (nSPS) is 22.7. The Morgan fingerprint density at radius 3 is 2.35 bits per heavy atom. The van der Waals surface area contributed by atoms with Gasteiger partial charge in [0.1, 0.15) is 0 Å². The van der Waals surface area contributed by atoms with Crippen LogP contribution in [-0.4, -0.2) is 29.7 Å². The number of Topliss-reactive ketones (excluding diaryl/α,β-unsaturated/α-hetero) is 1. The highest BCUT2D eigenvalue weighted by Gasteiger charge is 2.43. The minimum Gasteiger partial charge on any atom is -0.333 e. The van der Waals surface area contributed by atoms with Gasteiger partial charge in [-0.1, -0.05) is 6.42 Å². The molecular weight excluding hydrogens is 292 g/mol. The Morgan fingerprint density at radius 2 is 1.74 bits per heavy atom. The first-order chi connectivity index (χ1) is 11.1. The van der Waals surface area contributed by atoms with Crippen molar-refractivity contribution in [2.24, 2.45) is 0 Å². The van der Waals surface area contributed by atoms with Crippen molar-refractivity contribution in [1.82, 2.24) is 0 Å². The number of nitrogens with two attached hydrogens (primary N) is 1. The van der Waals surface area contributed by atoms with Gasteiger partial charge >= 0.3 is 0 Å². The molecule has 1 aromatic carbocycles. The van der Waals surface area contributed by atoms with Gasteiger partial charge in [-0.25, -0.2) is 4.90 Å². The number of hydrogen-bond acceptors (Lipinski definition) is 3. The summed E-state index contributed by atoms with van der Waals surface area (Å²) in [6.45, 7) is 1.50. The molecule has 0 radical (unpaired) electrons. The highest BCUT2D eigenvalue weighted by atomic mass is 16.2. The lowest BCUT2D eigenvalue weighted by atomic mass is 9.95. The molecule has 1 heterocycles. The van der Waals surface area contributed by atoms with Crippen LogP contribution in [0.3, 0.4) is 0 Å². The number of nitrogens with zero attached hydrogens (tertiary/aromatic N) is 1. The Morgan fingerprint density at radius 1 is 1.09 bits per heavy atom. The molecule has 2 fully saturated rings. The molecule has 1 saturated carbocycles. The fraction of sp³-hybridized carbons (Fsp3) is 0.500. The van der Waals surface area contributed by atoms with E-state index in [-0.39, 0.29) is 30.1 Å². The fourth-order valence-corrected chi connectivity index (χ4v) is 3.58. The van der Waals surface area contributed by atoms with E-state index >= 15 is 0 Å². The first-order valence-electron chi connectivity index (χ1n) is 8.39. The molecule has 3 rings (SSSR count). The summed E-state index contributed by atoms with van der Waals surface area (Å²) in [5.74, 6) is -0.307. The van der Waals surface area contributed by atoms with Crippen molar-refractivity contribution in [3.8, 4) is 0 Å². The smallest absolute Gasteiger partial charge is 0.292 e. The molecule has 23 heavy (non-hydrogen) atoms. The Bertz CT molecular complexity index is 618. The van der Waals surface area contributed by atoms with Crippen molar-refractivity contribution < 1.29 is 19.7 Å². The van der Waals surface area contributed by atoms with E-state index < -0.39 is 0 Å². The summed E-state index contributed by atoms with van der Waals surface area (Å²) in [4.78, 5) is 37.5. The number of quaternary nitrogens is 1. The van der Waals surface area contributed by atoms with Crippen molar-refractivity contribution in [2.75, 3.05) is 4.90 Å². The standard InChI is InChI=1S/C18H22N2O3/c1-12(21)13-7-9-15(10-8-13)20-17(22)11-16(18(20)23)19-14-5-3-2-4-6-14/h7-10,14,16,19H,2-6,11H2,1H3/p+1/t16-/m0/s1. The molecule has 2 aliphatic rings. The number of benzene rings is 1. The number of anilines is 1. The minimum absolute atomic E-state index is 0.0286. The molecule has 1 atom stereocenters. The predicted molar refractivity (Wildman–Crippen MR) is 86.1 cm³/mol. The number of carbonyl (C=O) groups is 3. The van der Waals surface area contributed by atoms with E-state index in [1.165, 1.54) is 31.1 Å². The average molecular weight is 315 g/mol. The Balaban J connectivity index is 1.71. The van der Waals surface area contributed by atoms with Crippen LogP contribution >= 0.6 is 0 Å². The third-order valence-electron chi connectivity index (χ3n) is 4.87. The van der Waals surface area contributed by atoms with E-state index in [0.717, 1.165) is 12.8 Å². The lowest BCUT2D eigenvalue weighted by molar-refractivity contribution is -0.710. The predicted octanol–water partition coefficient (Wildman–Crippen LogP) is 1.42. The van der Waals surface area contributed by atoms with E-state index in [4.69, 9.17) is 0 Å². The van der Waals surface area contributed by atoms with Crippen LogP contribution in [0.5, 0.6) is 0 Å². The molecule has 2 amide bonds. The highest BCUT2D eigenvalue weighted by molar-refractivity contribution is 6.21. The second-order valence-electron chi connectivity index (χ2n) is 6.57. The van der Waals surface area contributed by atoms with Crippen LogP contribution in [0.2, 0.25) is 0 Å². The fourth-order valence-electron chi connectivity index (χ4n) is 3.58. The number of amides is 2. The Kier molecular flexibility index (Phi) is 4.57. The number of carbonyl (C=O) groups excluding carboxylic acids is 3. The third-order valence-corrected chi connectivity index (χ3v) is 4.87. The topological polar surface area (TPSA) is 71.1 Å². The molecule has 2 N–H and O–H groups in total. The van der Waals surface area contributed by atoms with Crippen molar-refractivity contribution in [1.29, 1.82) is 0 Å². The zero-order valence-electron chi connectivity index (χ0n) is 13.5. The number of imide groups is 1. The monoisotopic (exact) mass is 315 g/mol. The van der Waals surface area contributed by atoms with E-state index in [2.05, 4.69) is 5.32 Å². The zero-order valence-corrected chi connectivity index (χ0v) is 13.5. The molecule has 0 unspecified atom stereocenters. The molecule has 1 saturated heterocycles. The van der Waals surface area contributed by atoms with Gasteiger partial charge in [0.15, 0.2) is 11.8 Å². The van der Waals surface area contributed by atoms with Crippen LogP contribution < -0.4 is 10.2 Å². The van der Waals surface area contributed by atoms with Gasteiger partial charge in [-0.15, -0.1) is 0 Å². The third kappa shape index (κ3) is 3.34. The second kappa shape index (κ2) is 6.62. The van der Waals surface area contributed by atoms with Crippen LogP contribution in [0.4, 0.5) is 5.69 Å². The molecule has 1 aliphatic carbocycles. The number of hydrogen-bond donors (Lipinski definition) is 1. The van der Waals surface area contributed by atoms with Crippen LogP contribution in [0, 0.1) is 0 Å². The van der Waals surface area contributed by atoms with E-state index in [0.29, 0.717) is 17.3 Å². The first kappa shape index (κ1) is 15.9. The lowest BCUT2D eigenvalue weighted by Crippen LogP contribution is -2.96. The molecule has 5 heteroatoms. The van der Waals surface area contributed by atoms with Crippen LogP contribution in [0.15, 0.2) is 24.3 Å². The lowest BCUT2D eigenvalue weighted by Gasteiger charge is -2.22. The van der Waals surface area contributed by atoms with Gasteiger partial charge in [0.25, 0.3) is 5.91 Å². The molecule has 1 aromatic rings. The number of rotatable bonds is 4. The minimum atomic E-state index is -0.293. The zero-order chi connectivity index (χ0) is 16.4. The largest absolute Gasteiger partial charge is 0.333 e. The van der Waals surface area contributed by atoms with E-state index in [1.807, 2.05) is 0 Å². The van der Waals surface area contributed by atoms with Gasteiger partial charge in [0, 0.05) is 5.56 Å². The van der Waals surface area contributed by atoms with Gasteiger partial charge in [-0.3, -0.25) is 14.4 Å². The summed E-state index contributed by atoms with van der Waals surface area (Å²) in [5, 5.41) is 2.10.